The Morgan fingerprint density at radius 1 is 1.47 bits per heavy atom. The maximum absolute atomic E-state index is 11.9. The second kappa shape index (κ2) is 4.89. The summed E-state index contributed by atoms with van der Waals surface area (Å²) >= 11 is 3.66. The lowest BCUT2D eigenvalue weighted by Crippen LogP contribution is -2.17. The van der Waals surface area contributed by atoms with E-state index in [9.17, 15) is 4.79 Å². The normalized spacial score (nSPS) is 11.1. The summed E-state index contributed by atoms with van der Waals surface area (Å²) in [6, 6.07) is 2.03. The van der Waals surface area contributed by atoms with E-state index in [1.54, 1.807) is 11.3 Å². The van der Waals surface area contributed by atoms with Crippen LogP contribution in [0.2, 0.25) is 0 Å². The van der Waals surface area contributed by atoms with Gasteiger partial charge in [0.15, 0.2) is 5.82 Å². The quantitative estimate of drug-likeness (QED) is 0.833. The molecular weight excluding hydrogens is 347 g/mol. The van der Waals surface area contributed by atoms with E-state index in [1.807, 2.05) is 18.4 Å². The molecule has 0 aliphatic carbocycles. The first-order chi connectivity index (χ1) is 8.00. The van der Waals surface area contributed by atoms with Crippen LogP contribution in [0.25, 0.3) is 10.7 Å². The minimum atomic E-state index is -0.0490. The van der Waals surface area contributed by atoms with Crippen LogP contribution in [0, 0.1) is 10.5 Å². The summed E-state index contributed by atoms with van der Waals surface area (Å²) in [5, 5.41) is 2.01. The highest BCUT2D eigenvalue weighted by atomic mass is 127. The number of aryl methyl sites for hydroxylation is 1. The van der Waals surface area contributed by atoms with Gasteiger partial charge in [0.25, 0.3) is 5.56 Å². The second-order valence-electron chi connectivity index (χ2n) is 4.20. The molecule has 1 N–H and O–H groups in total. The van der Waals surface area contributed by atoms with Gasteiger partial charge < -0.3 is 4.98 Å². The van der Waals surface area contributed by atoms with Crippen molar-refractivity contribution in [2.24, 2.45) is 0 Å². The van der Waals surface area contributed by atoms with Crippen molar-refractivity contribution >= 4 is 33.9 Å². The van der Waals surface area contributed by atoms with E-state index >= 15 is 0 Å². The molecule has 3 nitrogen and oxygen atoms in total. The van der Waals surface area contributed by atoms with E-state index in [4.69, 9.17) is 0 Å². The van der Waals surface area contributed by atoms with Crippen LogP contribution in [0.5, 0.6) is 0 Å². The SMILES string of the molecule is Cc1ccsc1-c1nc(C(C)C)c(I)c(=O)[nH]1. The molecule has 0 saturated carbocycles. The van der Waals surface area contributed by atoms with Gasteiger partial charge in [0.05, 0.1) is 14.1 Å². The number of nitrogens with zero attached hydrogens (tertiary/aromatic N) is 1. The molecule has 0 saturated heterocycles. The van der Waals surface area contributed by atoms with Crippen LogP contribution >= 0.6 is 33.9 Å². The molecule has 2 rings (SSSR count). The first kappa shape index (κ1) is 12.8. The average molecular weight is 360 g/mol. The Bertz CT molecular complexity index is 601. The fourth-order valence-corrected chi connectivity index (χ4v) is 3.33. The molecule has 2 heterocycles. The van der Waals surface area contributed by atoms with Crippen LogP contribution in [0.3, 0.4) is 0 Å². The van der Waals surface area contributed by atoms with Gasteiger partial charge in [-0.2, -0.15) is 0 Å². The van der Waals surface area contributed by atoms with Crippen LogP contribution in [-0.4, -0.2) is 9.97 Å². The molecule has 0 spiro atoms. The summed E-state index contributed by atoms with van der Waals surface area (Å²) in [5.74, 6) is 0.940. The Kier molecular flexibility index (Phi) is 3.67. The predicted molar refractivity (Wildman–Crippen MR) is 79.7 cm³/mol. The van der Waals surface area contributed by atoms with E-state index in [2.05, 4.69) is 46.4 Å². The van der Waals surface area contributed by atoms with Crippen LogP contribution in [0.4, 0.5) is 0 Å². The molecule has 0 fully saturated rings. The zero-order valence-electron chi connectivity index (χ0n) is 9.87. The van der Waals surface area contributed by atoms with Crippen molar-refractivity contribution in [1.29, 1.82) is 0 Å². The number of hydrogen-bond donors (Lipinski definition) is 1. The highest BCUT2D eigenvalue weighted by Gasteiger charge is 2.14. The molecule has 0 amide bonds. The minimum Gasteiger partial charge on any atom is -0.305 e. The molecule has 0 atom stereocenters. The fourth-order valence-electron chi connectivity index (χ4n) is 1.58. The van der Waals surface area contributed by atoms with E-state index in [0.717, 1.165) is 16.1 Å². The molecule has 5 heteroatoms. The minimum absolute atomic E-state index is 0.0490. The Balaban J connectivity index is 2.66. The smallest absolute Gasteiger partial charge is 0.264 e. The van der Waals surface area contributed by atoms with Crippen molar-refractivity contribution in [3.05, 3.63) is 36.6 Å². The first-order valence-corrected chi connectivity index (χ1v) is 7.30. The summed E-state index contributed by atoms with van der Waals surface area (Å²) < 4.78 is 0.690. The lowest BCUT2D eigenvalue weighted by molar-refractivity contribution is 0.803. The molecule has 90 valence electrons. The molecule has 17 heavy (non-hydrogen) atoms. The zero-order valence-corrected chi connectivity index (χ0v) is 12.8. The van der Waals surface area contributed by atoms with E-state index in [1.165, 1.54) is 0 Å². The van der Waals surface area contributed by atoms with Crippen LogP contribution < -0.4 is 5.56 Å². The first-order valence-electron chi connectivity index (χ1n) is 5.35. The number of nitrogens with one attached hydrogen (secondary N) is 1. The van der Waals surface area contributed by atoms with Crippen LogP contribution in [-0.2, 0) is 0 Å². The van der Waals surface area contributed by atoms with Crippen molar-refractivity contribution in [1.82, 2.24) is 9.97 Å². The summed E-state index contributed by atoms with van der Waals surface area (Å²) in [6.45, 7) is 6.13. The summed E-state index contributed by atoms with van der Waals surface area (Å²) in [6.07, 6.45) is 0. The standard InChI is InChI=1S/C12H13IN2OS/c1-6(2)9-8(13)12(16)15-11(14-9)10-7(3)4-5-17-10/h4-6H,1-3H3,(H,14,15,16). The third-order valence-electron chi connectivity index (χ3n) is 2.51. The molecule has 0 aliphatic rings. The number of aromatic amines is 1. The van der Waals surface area contributed by atoms with Crippen molar-refractivity contribution < 1.29 is 0 Å². The van der Waals surface area contributed by atoms with Crippen molar-refractivity contribution in [3.63, 3.8) is 0 Å². The van der Waals surface area contributed by atoms with E-state index in [0.29, 0.717) is 9.39 Å². The third-order valence-corrected chi connectivity index (χ3v) is 4.58. The molecule has 0 aromatic carbocycles. The van der Waals surface area contributed by atoms with E-state index < -0.39 is 0 Å². The van der Waals surface area contributed by atoms with Gasteiger partial charge in [0.1, 0.15) is 0 Å². The molecular formula is C12H13IN2OS. The third kappa shape index (κ3) is 2.44. The largest absolute Gasteiger partial charge is 0.305 e. The number of rotatable bonds is 2. The summed E-state index contributed by atoms with van der Waals surface area (Å²) in [7, 11) is 0. The Labute approximate surface area is 117 Å². The monoisotopic (exact) mass is 360 g/mol. The van der Waals surface area contributed by atoms with Gasteiger partial charge in [-0.3, -0.25) is 4.79 Å². The Hall–Kier alpha value is -0.690. The second-order valence-corrected chi connectivity index (χ2v) is 6.20. The van der Waals surface area contributed by atoms with Crippen molar-refractivity contribution in [3.8, 4) is 10.7 Å². The van der Waals surface area contributed by atoms with Gasteiger partial charge in [-0.1, -0.05) is 13.8 Å². The number of hydrogen-bond acceptors (Lipinski definition) is 3. The summed E-state index contributed by atoms with van der Waals surface area (Å²) in [4.78, 5) is 20.3. The maximum atomic E-state index is 11.9. The maximum Gasteiger partial charge on any atom is 0.264 e. The van der Waals surface area contributed by atoms with E-state index in [-0.39, 0.29) is 11.5 Å². The highest BCUT2D eigenvalue weighted by Crippen LogP contribution is 2.27. The van der Waals surface area contributed by atoms with Gasteiger partial charge >= 0.3 is 0 Å². The number of halogens is 1. The van der Waals surface area contributed by atoms with Crippen molar-refractivity contribution in [2.45, 2.75) is 26.7 Å². The molecule has 2 aromatic heterocycles. The number of aromatic nitrogens is 2. The molecule has 0 bridgehead atoms. The lowest BCUT2D eigenvalue weighted by Gasteiger charge is -2.08. The highest BCUT2D eigenvalue weighted by molar-refractivity contribution is 14.1. The fraction of sp³-hybridized carbons (Fsp3) is 0.333. The van der Waals surface area contributed by atoms with Gasteiger partial charge in [0.2, 0.25) is 0 Å². The van der Waals surface area contributed by atoms with Crippen molar-refractivity contribution in [2.75, 3.05) is 0 Å². The topological polar surface area (TPSA) is 45.8 Å². The molecule has 2 aromatic rings. The zero-order chi connectivity index (χ0) is 12.6. The van der Waals surface area contributed by atoms with Crippen LogP contribution in [0.1, 0.15) is 31.0 Å². The van der Waals surface area contributed by atoms with Crippen LogP contribution in [0.15, 0.2) is 16.2 Å². The van der Waals surface area contributed by atoms with Gasteiger partial charge in [-0.05, 0) is 52.4 Å². The predicted octanol–water partition coefficient (Wildman–Crippen LogP) is 3.53. The molecule has 0 aliphatic heterocycles. The number of thiophene rings is 1. The van der Waals surface area contributed by atoms with Gasteiger partial charge in [0, 0.05) is 0 Å². The molecule has 0 radical (unpaired) electrons. The Morgan fingerprint density at radius 3 is 2.71 bits per heavy atom. The lowest BCUT2D eigenvalue weighted by atomic mass is 10.1. The average Bonchev–Trinajstić information content (AvgIpc) is 2.68. The van der Waals surface area contributed by atoms with Gasteiger partial charge in [-0.25, -0.2) is 4.98 Å². The summed E-state index contributed by atoms with van der Waals surface area (Å²) in [5.41, 5.74) is 1.97. The molecule has 0 unspecified atom stereocenters. The number of H-pyrrole nitrogens is 1. The van der Waals surface area contributed by atoms with Gasteiger partial charge in [-0.15, -0.1) is 11.3 Å². The Morgan fingerprint density at radius 2 is 2.18 bits per heavy atom.